The molecule has 4 heteroatoms. The van der Waals surface area contributed by atoms with Gasteiger partial charge in [0.2, 0.25) is 5.91 Å². The largest absolute Gasteiger partial charge is 0.370 e. The van der Waals surface area contributed by atoms with Crippen LogP contribution in [0, 0.1) is 0 Å². The molecule has 0 heterocycles. The maximum atomic E-state index is 10.3. The summed E-state index contributed by atoms with van der Waals surface area (Å²) in [5, 5.41) is 0. The van der Waals surface area contributed by atoms with Crippen LogP contribution in [-0.2, 0) is 4.79 Å². The molecular formula is C6H16N3O+. The zero-order valence-electron chi connectivity index (χ0n) is 6.85. The van der Waals surface area contributed by atoms with E-state index in [9.17, 15) is 4.79 Å². The molecule has 0 aromatic carbocycles. The van der Waals surface area contributed by atoms with Gasteiger partial charge in [-0.3, -0.25) is 9.39 Å². The van der Waals surface area contributed by atoms with Crippen molar-refractivity contribution in [3.63, 3.8) is 0 Å². The maximum Gasteiger partial charge on any atom is 0.218 e. The molecule has 0 aliphatic carbocycles. The number of rotatable bonds is 4. The molecule has 0 bridgehead atoms. The fourth-order valence-electron chi connectivity index (χ4n) is 0.515. The standard InChI is InChI=1S/C6H15N3O/c1-9(2,3)8-5-4-6(7)10/h8H,4-5H2,1-3H3,(H-,7,10)/p+1. The third-order valence-corrected chi connectivity index (χ3v) is 0.958. The van der Waals surface area contributed by atoms with Gasteiger partial charge >= 0.3 is 0 Å². The van der Waals surface area contributed by atoms with Crippen LogP contribution in [0.4, 0.5) is 0 Å². The summed E-state index contributed by atoms with van der Waals surface area (Å²) in [6, 6.07) is 0. The summed E-state index contributed by atoms with van der Waals surface area (Å²) in [5.41, 5.74) is 8.03. The van der Waals surface area contributed by atoms with Gasteiger partial charge in [-0.1, -0.05) is 0 Å². The Labute approximate surface area is 61.6 Å². The molecule has 3 N–H and O–H groups in total. The van der Waals surface area contributed by atoms with E-state index in [0.29, 0.717) is 17.6 Å². The Kier molecular flexibility index (Phi) is 3.32. The molecular weight excluding hydrogens is 130 g/mol. The summed E-state index contributed by atoms with van der Waals surface area (Å²) in [4.78, 5) is 10.3. The maximum absolute atomic E-state index is 10.3. The lowest BCUT2D eigenvalue weighted by Crippen LogP contribution is -2.48. The van der Waals surface area contributed by atoms with Crippen LogP contribution in [0.2, 0.25) is 0 Å². The van der Waals surface area contributed by atoms with Gasteiger partial charge in [0, 0.05) is 6.42 Å². The van der Waals surface area contributed by atoms with Crippen LogP contribution in [0.1, 0.15) is 6.42 Å². The predicted molar refractivity (Wildman–Crippen MR) is 39.8 cm³/mol. The van der Waals surface area contributed by atoms with Crippen molar-refractivity contribution in [2.75, 3.05) is 27.7 Å². The highest BCUT2D eigenvalue weighted by Crippen LogP contribution is 1.81. The highest BCUT2D eigenvalue weighted by Gasteiger charge is 2.05. The molecule has 0 spiro atoms. The number of nitrogens with zero attached hydrogens (tertiary/aromatic N) is 1. The zero-order chi connectivity index (χ0) is 8.20. The molecule has 0 atom stereocenters. The van der Waals surface area contributed by atoms with Crippen molar-refractivity contribution in [1.29, 1.82) is 0 Å². The van der Waals surface area contributed by atoms with Gasteiger partial charge in [0.25, 0.3) is 0 Å². The van der Waals surface area contributed by atoms with E-state index in [-0.39, 0.29) is 5.91 Å². The molecule has 0 unspecified atom stereocenters. The number of amides is 1. The molecule has 0 aliphatic rings. The fourth-order valence-corrected chi connectivity index (χ4v) is 0.515. The minimum atomic E-state index is -0.263. The van der Waals surface area contributed by atoms with E-state index in [1.165, 1.54) is 0 Å². The number of quaternary nitrogens is 1. The summed E-state index contributed by atoms with van der Waals surface area (Å²) in [5.74, 6) is -0.263. The molecule has 0 aromatic heterocycles. The van der Waals surface area contributed by atoms with Crippen molar-refractivity contribution in [2.24, 2.45) is 5.73 Å². The number of nitrogens with two attached hydrogens (primary N) is 1. The lowest BCUT2D eigenvalue weighted by atomic mass is 10.4. The SMILES string of the molecule is C[N+](C)(C)NCCC(N)=O. The number of nitrogens with one attached hydrogen (secondary N) is 1. The second kappa shape index (κ2) is 3.53. The Balaban J connectivity index is 3.29. The number of hydrogen-bond acceptors (Lipinski definition) is 2. The first-order valence-corrected chi connectivity index (χ1v) is 3.27. The number of carbonyl (C=O) groups is 1. The normalized spacial score (nSPS) is 11.5. The molecule has 10 heavy (non-hydrogen) atoms. The second-order valence-electron chi connectivity index (χ2n) is 3.14. The molecule has 60 valence electrons. The summed E-state index contributed by atoms with van der Waals surface area (Å²) >= 11 is 0. The van der Waals surface area contributed by atoms with E-state index in [4.69, 9.17) is 5.73 Å². The molecule has 0 aliphatic heterocycles. The zero-order valence-corrected chi connectivity index (χ0v) is 6.85. The van der Waals surface area contributed by atoms with Crippen LogP contribution in [0.3, 0.4) is 0 Å². The molecule has 0 aromatic rings. The highest BCUT2D eigenvalue weighted by atomic mass is 16.1. The van der Waals surface area contributed by atoms with Crippen LogP contribution in [0.15, 0.2) is 0 Å². The van der Waals surface area contributed by atoms with E-state index >= 15 is 0 Å². The van der Waals surface area contributed by atoms with Gasteiger partial charge in [0.15, 0.2) is 0 Å². The summed E-state index contributed by atoms with van der Waals surface area (Å²) < 4.78 is 0.646. The topological polar surface area (TPSA) is 55.1 Å². The van der Waals surface area contributed by atoms with Crippen molar-refractivity contribution >= 4 is 5.91 Å². The molecule has 0 saturated heterocycles. The molecule has 0 fully saturated rings. The second-order valence-corrected chi connectivity index (χ2v) is 3.14. The van der Waals surface area contributed by atoms with Gasteiger partial charge in [-0.25, -0.2) is 0 Å². The minimum absolute atomic E-state index is 0.263. The van der Waals surface area contributed by atoms with E-state index in [1.807, 2.05) is 21.1 Å². The van der Waals surface area contributed by atoms with E-state index in [1.54, 1.807) is 0 Å². The van der Waals surface area contributed by atoms with Crippen molar-refractivity contribution in [1.82, 2.24) is 5.43 Å². The number of hydrogen-bond donors (Lipinski definition) is 2. The Morgan fingerprint density at radius 2 is 2.00 bits per heavy atom. The molecule has 0 radical (unpaired) electrons. The lowest BCUT2D eigenvalue weighted by Gasteiger charge is -2.23. The van der Waals surface area contributed by atoms with Crippen LogP contribution >= 0.6 is 0 Å². The van der Waals surface area contributed by atoms with Gasteiger partial charge in [-0.15, -0.1) is 0 Å². The lowest BCUT2D eigenvalue weighted by molar-refractivity contribution is -0.915. The third kappa shape index (κ3) is 7.39. The van der Waals surface area contributed by atoms with E-state index in [0.717, 1.165) is 0 Å². The van der Waals surface area contributed by atoms with Crippen molar-refractivity contribution in [3.05, 3.63) is 0 Å². The summed E-state index contributed by atoms with van der Waals surface area (Å²) in [7, 11) is 5.96. The third-order valence-electron chi connectivity index (χ3n) is 0.958. The first-order valence-electron chi connectivity index (χ1n) is 3.27. The molecule has 0 rings (SSSR count). The van der Waals surface area contributed by atoms with Crippen molar-refractivity contribution < 1.29 is 9.39 Å². The summed E-state index contributed by atoms with van der Waals surface area (Å²) in [6.45, 7) is 0.638. The first-order chi connectivity index (χ1) is 4.42. The number of carbonyl (C=O) groups excluding carboxylic acids is 1. The van der Waals surface area contributed by atoms with E-state index in [2.05, 4.69) is 5.43 Å². The average Bonchev–Trinajstić information content (AvgIpc) is 1.59. The average molecular weight is 146 g/mol. The monoisotopic (exact) mass is 146 g/mol. The van der Waals surface area contributed by atoms with Crippen LogP contribution in [0.5, 0.6) is 0 Å². The Bertz CT molecular complexity index is 117. The molecule has 4 nitrogen and oxygen atoms in total. The van der Waals surface area contributed by atoms with Crippen LogP contribution < -0.4 is 11.2 Å². The Morgan fingerprint density at radius 1 is 1.50 bits per heavy atom. The summed E-state index contributed by atoms with van der Waals surface area (Å²) in [6.07, 6.45) is 0.398. The van der Waals surface area contributed by atoms with Gasteiger partial charge in [-0.2, -0.15) is 5.43 Å². The molecule has 1 amide bonds. The van der Waals surface area contributed by atoms with Gasteiger partial charge in [0.1, 0.15) is 0 Å². The van der Waals surface area contributed by atoms with Gasteiger partial charge in [0.05, 0.1) is 27.7 Å². The Morgan fingerprint density at radius 3 is 2.30 bits per heavy atom. The number of primary amides is 1. The smallest absolute Gasteiger partial charge is 0.218 e. The quantitative estimate of drug-likeness (QED) is 0.398. The van der Waals surface area contributed by atoms with E-state index < -0.39 is 0 Å². The highest BCUT2D eigenvalue weighted by molar-refractivity contribution is 5.73. The molecule has 0 saturated carbocycles. The van der Waals surface area contributed by atoms with Crippen LogP contribution in [0.25, 0.3) is 0 Å². The van der Waals surface area contributed by atoms with Crippen molar-refractivity contribution in [3.8, 4) is 0 Å². The minimum Gasteiger partial charge on any atom is -0.370 e. The van der Waals surface area contributed by atoms with Gasteiger partial charge < -0.3 is 5.73 Å². The van der Waals surface area contributed by atoms with Crippen molar-refractivity contribution in [2.45, 2.75) is 6.42 Å². The van der Waals surface area contributed by atoms with Crippen LogP contribution in [-0.4, -0.2) is 38.2 Å². The fraction of sp³-hybridized carbons (Fsp3) is 0.833. The predicted octanol–water partition coefficient (Wildman–Crippen LogP) is -0.927. The van der Waals surface area contributed by atoms with Gasteiger partial charge in [-0.05, 0) is 0 Å². The Hall–Kier alpha value is -0.610. The first kappa shape index (κ1) is 9.39.